The van der Waals surface area contributed by atoms with E-state index < -0.39 is 29.3 Å². The molecule has 0 heterocycles. The highest BCUT2D eigenvalue weighted by molar-refractivity contribution is 5.60. The fourth-order valence-electron chi connectivity index (χ4n) is 3.98. The molecule has 36 heavy (non-hydrogen) atoms. The van der Waals surface area contributed by atoms with Crippen LogP contribution >= 0.6 is 0 Å². The molecule has 4 unspecified atom stereocenters. The van der Waals surface area contributed by atoms with E-state index in [0.717, 1.165) is 12.8 Å². The first-order chi connectivity index (χ1) is 16.2. The molecule has 0 spiro atoms. The average Bonchev–Trinajstić information content (AvgIpc) is 2.63. The predicted octanol–water partition coefficient (Wildman–Crippen LogP) is 6.18. The van der Waals surface area contributed by atoms with Gasteiger partial charge in [0.25, 0.3) is 0 Å². The van der Waals surface area contributed by atoms with Crippen LogP contribution in [0.5, 0.6) is 0 Å². The molecule has 0 rings (SSSR count). The smallest absolute Gasteiger partial charge is 0.428 e. The maximum Gasteiger partial charge on any atom is 0.510 e. The highest BCUT2D eigenvalue weighted by Gasteiger charge is 2.35. The van der Waals surface area contributed by atoms with Crippen LogP contribution in [-0.4, -0.2) is 65.4 Å². The summed E-state index contributed by atoms with van der Waals surface area (Å²) < 4.78 is 29.2. The van der Waals surface area contributed by atoms with E-state index in [0.29, 0.717) is 26.1 Å². The molecule has 8 nitrogen and oxygen atoms in total. The lowest BCUT2D eigenvalue weighted by molar-refractivity contribution is -0.139. The molecule has 0 amide bonds. The second kappa shape index (κ2) is 14.9. The van der Waals surface area contributed by atoms with Crippen LogP contribution in [0.15, 0.2) is 0 Å². The molecule has 0 bridgehead atoms. The molecule has 0 radical (unpaired) electrons. The number of hydrogen-bond acceptors (Lipinski definition) is 8. The fourth-order valence-corrected chi connectivity index (χ4v) is 3.98. The Kier molecular flexibility index (Phi) is 14.5. The molecule has 0 aromatic carbocycles. The van der Waals surface area contributed by atoms with Gasteiger partial charge in [0, 0.05) is 13.0 Å². The summed E-state index contributed by atoms with van der Waals surface area (Å²) in [5.41, 5.74) is -2.67. The van der Waals surface area contributed by atoms with E-state index in [4.69, 9.17) is 23.7 Å². The Hall–Kier alpha value is -0.930. The fraction of sp³-hybridized carbons (Fsp3) is 0.964. The number of ether oxygens (including phenoxy) is 5. The van der Waals surface area contributed by atoms with Crippen LogP contribution < -0.4 is 5.32 Å². The summed E-state index contributed by atoms with van der Waals surface area (Å²) >= 11 is 0. The van der Waals surface area contributed by atoms with Crippen LogP contribution in [0.3, 0.4) is 0 Å². The van der Waals surface area contributed by atoms with Crippen LogP contribution in [0.4, 0.5) is 4.79 Å². The molecular formula is C28H57NO7. The van der Waals surface area contributed by atoms with Gasteiger partial charge in [-0.15, -0.1) is 0 Å². The van der Waals surface area contributed by atoms with Crippen molar-refractivity contribution in [2.45, 2.75) is 157 Å². The van der Waals surface area contributed by atoms with Crippen LogP contribution in [0.25, 0.3) is 0 Å². The third-order valence-electron chi connectivity index (χ3n) is 6.25. The molecule has 0 aliphatic carbocycles. The molecule has 0 aromatic heterocycles. The van der Waals surface area contributed by atoms with Gasteiger partial charge in [0.05, 0.1) is 30.0 Å². The van der Waals surface area contributed by atoms with Gasteiger partial charge in [-0.3, -0.25) is 5.32 Å². The van der Waals surface area contributed by atoms with Gasteiger partial charge in [-0.25, -0.2) is 4.79 Å². The van der Waals surface area contributed by atoms with Crippen molar-refractivity contribution in [2.75, 3.05) is 13.2 Å². The normalized spacial score (nSPS) is 17.4. The van der Waals surface area contributed by atoms with Gasteiger partial charge in [-0.2, -0.15) is 0 Å². The van der Waals surface area contributed by atoms with E-state index in [1.54, 1.807) is 20.8 Å². The monoisotopic (exact) mass is 519 g/mol. The molecule has 8 heteroatoms. The second-order valence-electron chi connectivity index (χ2n) is 12.4. The lowest BCUT2D eigenvalue weighted by Crippen LogP contribution is -2.55. The minimum absolute atomic E-state index is 0.129. The number of rotatable bonds is 18. The SMILES string of the molecule is CCC(C)C(C)(NC(C)OC(=O)OC(C)(C)CC(C)OC(C)(C)CCOC(C)C)OCCC(C)(C)O. The van der Waals surface area contributed by atoms with Crippen molar-refractivity contribution in [1.29, 1.82) is 0 Å². The van der Waals surface area contributed by atoms with Crippen molar-refractivity contribution >= 4 is 6.16 Å². The molecule has 0 aliphatic rings. The van der Waals surface area contributed by atoms with E-state index in [1.807, 2.05) is 55.4 Å². The van der Waals surface area contributed by atoms with Crippen LogP contribution in [0.2, 0.25) is 0 Å². The molecule has 0 saturated heterocycles. The zero-order valence-corrected chi connectivity index (χ0v) is 25.4. The summed E-state index contributed by atoms with van der Waals surface area (Å²) in [4.78, 5) is 12.6. The van der Waals surface area contributed by atoms with Crippen molar-refractivity contribution in [3.05, 3.63) is 0 Å². The Morgan fingerprint density at radius 2 is 1.47 bits per heavy atom. The van der Waals surface area contributed by atoms with Gasteiger partial charge in [-0.05, 0) is 101 Å². The standard InChI is InChI=1S/C28H57NO7/c1-14-21(4)28(13,33-18-15-25(7,8)31)29-23(6)34-24(30)36-27(11,12)19-22(5)35-26(9,10)16-17-32-20(2)3/h20-23,29,31H,14-19H2,1-13H3. The first kappa shape index (κ1) is 35.1. The van der Waals surface area contributed by atoms with Crippen LogP contribution in [-0.2, 0) is 23.7 Å². The number of aliphatic hydroxyl groups is 1. The van der Waals surface area contributed by atoms with Crippen LogP contribution in [0.1, 0.15) is 116 Å². The molecule has 0 aromatic rings. The van der Waals surface area contributed by atoms with Crippen molar-refractivity contribution < 1.29 is 33.6 Å². The van der Waals surface area contributed by atoms with E-state index in [9.17, 15) is 9.90 Å². The lowest BCUT2D eigenvalue weighted by atomic mass is 9.96. The predicted molar refractivity (Wildman–Crippen MR) is 144 cm³/mol. The van der Waals surface area contributed by atoms with Crippen molar-refractivity contribution in [3.8, 4) is 0 Å². The van der Waals surface area contributed by atoms with Gasteiger partial charge in [0.2, 0.25) is 0 Å². The third kappa shape index (κ3) is 16.0. The highest BCUT2D eigenvalue weighted by atomic mass is 16.7. The van der Waals surface area contributed by atoms with Gasteiger partial charge in [0.1, 0.15) is 11.3 Å². The number of carbonyl (C=O) groups excluding carboxylic acids is 1. The van der Waals surface area contributed by atoms with E-state index >= 15 is 0 Å². The third-order valence-corrected chi connectivity index (χ3v) is 6.25. The maximum absolute atomic E-state index is 12.6. The van der Waals surface area contributed by atoms with Gasteiger partial charge >= 0.3 is 6.16 Å². The molecule has 4 atom stereocenters. The summed E-state index contributed by atoms with van der Waals surface area (Å²) in [6.45, 7) is 26.1. The van der Waals surface area contributed by atoms with Gasteiger partial charge < -0.3 is 28.8 Å². The minimum atomic E-state index is -0.814. The first-order valence-corrected chi connectivity index (χ1v) is 13.5. The summed E-state index contributed by atoms with van der Waals surface area (Å²) in [6.07, 6.45) is 1.33. The molecule has 0 aliphatic heterocycles. The van der Waals surface area contributed by atoms with Crippen molar-refractivity contribution in [2.24, 2.45) is 5.92 Å². The first-order valence-electron chi connectivity index (χ1n) is 13.5. The number of carbonyl (C=O) groups is 1. The molecule has 216 valence electrons. The summed E-state index contributed by atoms with van der Waals surface area (Å²) in [5.74, 6) is 0.144. The topological polar surface area (TPSA) is 95.5 Å². The molecule has 0 fully saturated rings. The van der Waals surface area contributed by atoms with E-state index in [1.165, 1.54) is 0 Å². The summed E-state index contributed by atoms with van der Waals surface area (Å²) in [5, 5.41) is 13.3. The minimum Gasteiger partial charge on any atom is -0.428 e. The molecule has 2 N–H and O–H groups in total. The summed E-state index contributed by atoms with van der Waals surface area (Å²) in [7, 11) is 0. The summed E-state index contributed by atoms with van der Waals surface area (Å²) in [6, 6.07) is 0. The van der Waals surface area contributed by atoms with Crippen molar-refractivity contribution in [1.82, 2.24) is 5.32 Å². The zero-order chi connectivity index (χ0) is 28.4. The molecular weight excluding hydrogens is 462 g/mol. The highest BCUT2D eigenvalue weighted by Crippen LogP contribution is 2.26. The van der Waals surface area contributed by atoms with Gasteiger partial charge in [0.15, 0.2) is 6.23 Å². The van der Waals surface area contributed by atoms with Crippen LogP contribution in [0, 0.1) is 5.92 Å². The average molecular weight is 520 g/mol. The Bertz CT molecular complexity index is 630. The maximum atomic E-state index is 12.6. The lowest BCUT2D eigenvalue weighted by Gasteiger charge is -2.39. The molecule has 0 saturated carbocycles. The Balaban J connectivity index is 4.85. The Morgan fingerprint density at radius 1 is 0.889 bits per heavy atom. The van der Waals surface area contributed by atoms with Gasteiger partial charge in [-0.1, -0.05) is 13.8 Å². The Morgan fingerprint density at radius 3 is 1.97 bits per heavy atom. The number of nitrogens with one attached hydrogen (secondary N) is 1. The Labute approximate surface area is 221 Å². The largest absolute Gasteiger partial charge is 0.510 e. The van der Waals surface area contributed by atoms with Crippen molar-refractivity contribution in [3.63, 3.8) is 0 Å². The zero-order valence-electron chi connectivity index (χ0n) is 25.4. The second-order valence-corrected chi connectivity index (χ2v) is 12.4. The van der Waals surface area contributed by atoms with E-state index in [-0.39, 0.29) is 23.7 Å². The van der Waals surface area contributed by atoms with E-state index in [2.05, 4.69) is 19.2 Å². The number of hydrogen-bond donors (Lipinski definition) is 2. The quantitative estimate of drug-likeness (QED) is 0.164.